The summed E-state index contributed by atoms with van der Waals surface area (Å²) in [7, 11) is 0. The summed E-state index contributed by atoms with van der Waals surface area (Å²) >= 11 is 0. The Hall–Kier alpha value is -4.42. The molecule has 0 aliphatic heterocycles. The van der Waals surface area contributed by atoms with Gasteiger partial charge in [0.2, 0.25) is 0 Å². The predicted octanol–water partition coefficient (Wildman–Crippen LogP) is 8.19. The normalized spacial score (nSPS) is 10.2. The number of rotatable bonds is 12. The van der Waals surface area contributed by atoms with Gasteiger partial charge in [-0.15, -0.1) is 0 Å². The van der Waals surface area contributed by atoms with Gasteiger partial charge in [-0.2, -0.15) is 0 Å². The lowest BCUT2D eigenvalue weighted by atomic mass is 10.1. The molecule has 236 valence electrons. The number of nitrogens with zero attached hydrogens (tertiary/aromatic N) is 1. The summed E-state index contributed by atoms with van der Waals surface area (Å²) in [5.74, 6) is 0. The average molecular weight is 605 g/mol. The van der Waals surface area contributed by atoms with Crippen LogP contribution >= 0.6 is 0 Å². The average Bonchev–Trinajstić information content (AvgIpc) is 3.09. The maximum atomic E-state index is 9.02. The van der Waals surface area contributed by atoms with E-state index in [0.29, 0.717) is 0 Å². The molecular formula is C40H48N2O3. The van der Waals surface area contributed by atoms with Crippen LogP contribution in [0, 0.1) is 6.92 Å². The third kappa shape index (κ3) is 13.0. The molecule has 0 radical (unpaired) electrons. The molecule has 45 heavy (non-hydrogen) atoms. The number of aryl methyl sites for hydroxylation is 4. The Morgan fingerprint density at radius 3 is 1.11 bits per heavy atom. The minimum Gasteiger partial charge on any atom is -0.399 e. The zero-order chi connectivity index (χ0) is 32.1. The second-order valence-corrected chi connectivity index (χ2v) is 10.9. The predicted molar refractivity (Wildman–Crippen MR) is 189 cm³/mol. The van der Waals surface area contributed by atoms with Crippen molar-refractivity contribution in [2.45, 2.75) is 45.4 Å². The molecule has 0 aromatic heterocycles. The van der Waals surface area contributed by atoms with E-state index in [1.54, 1.807) is 0 Å². The number of hydrogen-bond donors (Lipinski definition) is 4. The Kier molecular flexibility index (Phi) is 16.0. The summed E-state index contributed by atoms with van der Waals surface area (Å²) in [5.41, 5.74) is 14.6. The molecule has 5 aromatic carbocycles. The van der Waals surface area contributed by atoms with Gasteiger partial charge in [0.15, 0.2) is 0 Å². The van der Waals surface area contributed by atoms with Crippen LogP contribution in [-0.4, -0.2) is 35.1 Å². The fourth-order valence-corrected chi connectivity index (χ4v) is 4.70. The molecule has 0 spiro atoms. The first-order valence-electron chi connectivity index (χ1n) is 15.8. The van der Waals surface area contributed by atoms with Gasteiger partial charge >= 0.3 is 0 Å². The van der Waals surface area contributed by atoms with E-state index in [9.17, 15) is 0 Å². The van der Waals surface area contributed by atoms with Crippen LogP contribution in [0.1, 0.15) is 41.5 Å². The maximum absolute atomic E-state index is 9.02. The standard InChI is InChI=1S/C24H27NO2.C10H14O.C6H7N/c26-18-4-6-20-10-14-23(15-11-20)25(22-8-2-1-3-9-22)24-16-12-21(13-17-24)7-5-19-27;1-9-4-6-10(7-5-9)3-2-8-11;7-6-4-2-1-3-5-6/h1-3,8-17,26-27H,4-7,18-19H2;4-7,11H,2-3,8H2,1H3;1-5H,7H2. The first kappa shape index (κ1) is 35.1. The molecule has 5 heteroatoms. The Morgan fingerprint density at radius 2 is 0.778 bits per heavy atom. The lowest BCUT2D eigenvalue weighted by Crippen LogP contribution is -2.10. The van der Waals surface area contributed by atoms with Crippen molar-refractivity contribution in [3.8, 4) is 0 Å². The summed E-state index contributed by atoms with van der Waals surface area (Å²) in [6.45, 7) is 2.81. The first-order valence-corrected chi connectivity index (χ1v) is 15.8. The Bertz CT molecular complexity index is 1390. The quantitative estimate of drug-likeness (QED) is 0.108. The van der Waals surface area contributed by atoms with E-state index in [2.05, 4.69) is 96.8 Å². The molecule has 0 bridgehead atoms. The van der Waals surface area contributed by atoms with Crippen molar-refractivity contribution in [1.29, 1.82) is 0 Å². The number of hydrogen-bond acceptors (Lipinski definition) is 5. The van der Waals surface area contributed by atoms with Gasteiger partial charge in [-0.1, -0.05) is 90.5 Å². The Labute approximate surface area is 269 Å². The third-order valence-corrected chi connectivity index (χ3v) is 7.19. The molecule has 0 atom stereocenters. The van der Waals surface area contributed by atoms with Gasteiger partial charge in [-0.3, -0.25) is 0 Å². The molecule has 0 fully saturated rings. The summed E-state index contributed by atoms with van der Waals surface area (Å²) in [5, 5.41) is 26.6. The SMILES string of the molecule is Cc1ccc(CCCO)cc1.Nc1ccccc1.OCCCc1ccc(N(c2ccccc2)c2ccc(CCCO)cc2)cc1. The van der Waals surface area contributed by atoms with Crippen molar-refractivity contribution >= 4 is 22.7 Å². The van der Waals surface area contributed by atoms with Crippen molar-refractivity contribution in [3.63, 3.8) is 0 Å². The van der Waals surface area contributed by atoms with Crippen molar-refractivity contribution in [2.24, 2.45) is 0 Å². The van der Waals surface area contributed by atoms with E-state index in [1.807, 2.05) is 48.5 Å². The Balaban J connectivity index is 0.000000249. The molecule has 5 nitrogen and oxygen atoms in total. The van der Waals surface area contributed by atoms with E-state index in [0.717, 1.165) is 61.3 Å². The summed E-state index contributed by atoms with van der Waals surface area (Å²) in [4.78, 5) is 2.24. The van der Waals surface area contributed by atoms with Crippen LogP contribution in [-0.2, 0) is 19.3 Å². The topological polar surface area (TPSA) is 90.0 Å². The van der Waals surface area contributed by atoms with Gasteiger partial charge in [0, 0.05) is 42.6 Å². The van der Waals surface area contributed by atoms with E-state index in [4.69, 9.17) is 21.1 Å². The zero-order valence-corrected chi connectivity index (χ0v) is 26.4. The molecule has 0 heterocycles. The maximum Gasteiger partial charge on any atom is 0.0461 e. The highest BCUT2D eigenvalue weighted by Gasteiger charge is 2.12. The van der Waals surface area contributed by atoms with Crippen LogP contribution in [0.5, 0.6) is 0 Å². The fourth-order valence-electron chi connectivity index (χ4n) is 4.70. The highest BCUT2D eigenvalue weighted by atomic mass is 16.3. The van der Waals surface area contributed by atoms with Crippen molar-refractivity contribution in [2.75, 3.05) is 30.5 Å². The van der Waals surface area contributed by atoms with Crippen molar-refractivity contribution < 1.29 is 15.3 Å². The van der Waals surface area contributed by atoms with Crippen molar-refractivity contribution in [3.05, 3.63) is 156 Å². The lowest BCUT2D eigenvalue weighted by molar-refractivity contribution is 0.288. The third-order valence-electron chi connectivity index (χ3n) is 7.19. The number of aliphatic hydroxyl groups is 3. The molecule has 0 unspecified atom stereocenters. The van der Waals surface area contributed by atoms with Crippen LogP contribution < -0.4 is 10.6 Å². The van der Waals surface area contributed by atoms with Gasteiger partial charge in [0.1, 0.15) is 0 Å². The molecule has 0 saturated heterocycles. The molecule has 5 aromatic rings. The highest BCUT2D eigenvalue weighted by molar-refractivity contribution is 5.76. The highest BCUT2D eigenvalue weighted by Crippen LogP contribution is 2.34. The van der Waals surface area contributed by atoms with Crippen LogP contribution in [0.4, 0.5) is 22.7 Å². The minimum atomic E-state index is 0.223. The zero-order valence-electron chi connectivity index (χ0n) is 26.4. The van der Waals surface area contributed by atoms with E-state index in [-0.39, 0.29) is 19.8 Å². The fraction of sp³-hybridized carbons (Fsp3) is 0.250. The molecule has 0 aliphatic rings. The molecule has 0 aliphatic carbocycles. The molecule has 5 N–H and O–H groups in total. The number of aliphatic hydroxyl groups excluding tert-OH is 3. The van der Waals surface area contributed by atoms with E-state index < -0.39 is 0 Å². The minimum absolute atomic E-state index is 0.223. The van der Waals surface area contributed by atoms with Gasteiger partial charge in [0.05, 0.1) is 0 Å². The molecule has 0 saturated carbocycles. The van der Waals surface area contributed by atoms with Crippen LogP contribution in [0.15, 0.2) is 133 Å². The molecular weight excluding hydrogens is 556 g/mol. The second kappa shape index (κ2) is 20.5. The molecule has 5 rings (SSSR count). The smallest absolute Gasteiger partial charge is 0.0461 e. The number of para-hydroxylation sites is 2. The first-order chi connectivity index (χ1) is 22.0. The van der Waals surface area contributed by atoms with Gasteiger partial charge in [-0.25, -0.2) is 0 Å². The van der Waals surface area contributed by atoms with Crippen LogP contribution in [0.25, 0.3) is 0 Å². The van der Waals surface area contributed by atoms with E-state index in [1.165, 1.54) is 22.3 Å². The van der Waals surface area contributed by atoms with Crippen LogP contribution in [0.2, 0.25) is 0 Å². The monoisotopic (exact) mass is 604 g/mol. The van der Waals surface area contributed by atoms with E-state index >= 15 is 0 Å². The lowest BCUT2D eigenvalue weighted by Gasteiger charge is -2.26. The van der Waals surface area contributed by atoms with Gasteiger partial charge in [-0.05, 0) is 111 Å². The van der Waals surface area contributed by atoms with Crippen molar-refractivity contribution in [1.82, 2.24) is 0 Å². The number of benzene rings is 5. The van der Waals surface area contributed by atoms with Crippen LogP contribution in [0.3, 0.4) is 0 Å². The van der Waals surface area contributed by atoms with Gasteiger partial charge in [0.25, 0.3) is 0 Å². The summed E-state index contributed by atoms with van der Waals surface area (Å²) in [6.07, 6.45) is 5.21. The van der Waals surface area contributed by atoms with Gasteiger partial charge < -0.3 is 26.0 Å². The summed E-state index contributed by atoms with van der Waals surface area (Å²) < 4.78 is 0. The second-order valence-electron chi connectivity index (χ2n) is 10.9. The summed E-state index contributed by atoms with van der Waals surface area (Å²) in [6, 6.07) is 45.4. The molecule has 0 amide bonds. The number of nitrogen functional groups attached to an aromatic ring is 1. The number of nitrogens with two attached hydrogens (primary N) is 1. The number of anilines is 4. The largest absolute Gasteiger partial charge is 0.399 e. The Morgan fingerprint density at radius 1 is 0.444 bits per heavy atom.